The number of ether oxygens (including phenoxy) is 2. The fraction of sp³-hybridized carbons (Fsp3) is 1.00. The summed E-state index contributed by atoms with van der Waals surface area (Å²) in [6, 6.07) is 1.20. The maximum atomic E-state index is 5.81. The van der Waals surface area contributed by atoms with Gasteiger partial charge >= 0.3 is 0 Å². The van der Waals surface area contributed by atoms with Crippen LogP contribution in [0.15, 0.2) is 0 Å². The van der Waals surface area contributed by atoms with Crippen LogP contribution in [0, 0.1) is 0 Å². The fourth-order valence-electron chi connectivity index (χ4n) is 2.41. The van der Waals surface area contributed by atoms with Crippen molar-refractivity contribution in [2.75, 3.05) is 40.0 Å². The summed E-state index contributed by atoms with van der Waals surface area (Å²) in [6.45, 7) is 6.19. The monoisotopic (exact) mass is 230 g/mol. The topological polar surface area (TPSA) is 47.7 Å². The van der Waals surface area contributed by atoms with Gasteiger partial charge in [-0.1, -0.05) is 6.42 Å². The summed E-state index contributed by atoms with van der Waals surface area (Å²) in [6.07, 6.45) is 3.83. The highest BCUT2D eigenvalue weighted by Crippen LogP contribution is 2.21. The molecule has 2 atom stereocenters. The van der Waals surface area contributed by atoms with Gasteiger partial charge in [0.15, 0.2) is 0 Å². The van der Waals surface area contributed by atoms with Crippen molar-refractivity contribution in [3.05, 3.63) is 0 Å². The number of rotatable bonds is 7. The van der Waals surface area contributed by atoms with E-state index in [1.54, 1.807) is 7.11 Å². The van der Waals surface area contributed by atoms with E-state index in [2.05, 4.69) is 11.8 Å². The van der Waals surface area contributed by atoms with Gasteiger partial charge in [0.05, 0.1) is 19.8 Å². The molecule has 0 amide bonds. The standard InChI is InChI=1S/C12H26N2O2/c1-11-4-3-5-12(10-13)14(11)6-7-16-9-8-15-2/h11-12H,3-10,13H2,1-2H3. The van der Waals surface area contributed by atoms with Crippen molar-refractivity contribution in [3.8, 4) is 0 Å². The second-order valence-electron chi connectivity index (χ2n) is 4.51. The van der Waals surface area contributed by atoms with E-state index in [0.717, 1.165) is 19.7 Å². The molecule has 0 aliphatic carbocycles. The molecule has 0 radical (unpaired) electrons. The summed E-state index contributed by atoms with van der Waals surface area (Å²) < 4.78 is 10.4. The predicted molar refractivity (Wildman–Crippen MR) is 65.6 cm³/mol. The molecule has 0 bridgehead atoms. The SMILES string of the molecule is COCCOCCN1C(C)CCCC1CN. The van der Waals surface area contributed by atoms with Gasteiger partial charge in [-0.15, -0.1) is 0 Å². The van der Waals surface area contributed by atoms with E-state index in [1.807, 2.05) is 0 Å². The fourth-order valence-corrected chi connectivity index (χ4v) is 2.41. The van der Waals surface area contributed by atoms with Crippen LogP contribution in [-0.2, 0) is 9.47 Å². The molecule has 1 aliphatic rings. The first-order chi connectivity index (χ1) is 7.79. The number of likely N-dealkylation sites (tertiary alicyclic amines) is 1. The van der Waals surface area contributed by atoms with Crippen LogP contribution in [0.25, 0.3) is 0 Å². The van der Waals surface area contributed by atoms with Crippen LogP contribution in [0.3, 0.4) is 0 Å². The number of hydrogen-bond acceptors (Lipinski definition) is 4. The van der Waals surface area contributed by atoms with Gasteiger partial charge in [-0.2, -0.15) is 0 Å². The lowest BCUT2D eigenvalue weighted by Crippen LogP contribution is -2.50. The van der Waals surface area contributed by atoms with Gasteiger partial charge in [-0.25, -0.2) is 0 Å². The Labute approximate surface area is 99.1 Å². The molecule has 4 nitrogen and oxygen atoms in total. The highest BCUT2D eigenvalue weighted by atomic mass is 16.5. The molecule has 1 saturated heterocycles. The van der Waals surface area contributed by atoms with Gasteiger partial charge in [-0.05, 0) is 19.8 Å². The second kappa shape index (κ2) is 8.01. The molecule has 1 rings (SSSR count). The minimum Gasteiger partial charge on any atom is -0.382 e. The van der Waals surface area contributed by atoms with Crippen molar-refractivity contribution in [3.63, 3.8) is 0 Å². The minimum absolute atomic E-state index is 0.551. The van der Waals surface area contributed by atoms with Crippen LogP contribution in [0.4, 0.5) is 0 Å². The molecule has 0 aromatic carbocycles. The lowest BCUT2D eigenvalue weighted by molar-refractivity contribution is 0.0276. The third-order valence-electron chi connectivity index (χ3n) is 3.39. The molecule has 1 fully saturated rings. The highest BCUT2D eigenvalue weighted by Gasteiger charge is 2.26. The van der Waals surface area contributed by atoms with Crippen molar-refractivity contribution in [2.45, 2.75) is 38.3 Å². The van der Waals surface area contributed by atoms with Gasteiger partial charge < -0.3 is 15.2 Å². The molecule has 16 heavy (non-hydrogen) atoms. The third-order valence-corrected chi connectivity index (χ3v) is 3.39. The average Bonchev–Trinajstić information content (AvgIpc) is 2.30. The van der Waals surface area contributed by atoms with Gasteiger partial charge in [-0.3, -0.25) is 4.90 Å². The van der Waals surface area contributed by atoms with E-state index in [4.69, 9.17) is 15.2 Å². The normalized spacial score (nSPS) is 27.2. The van der Waals surface area contributed by atoms with Crippen LogP contribution < -0.4 is 5.73 Å². The molecule has 0 saturated carbocycles. The van der Waals surface area contributed by atoms with Crippen molar-refractivity contribution < 1.29 is 9.47 Å². The molecular formula is C12H26N2O2. The smallest absolute Gasteiger partial charge is 0.0700 e. The Morgan fingerprint density at radius 2 is 2.06 bits per heavy atom. The molecule has 0 aromatic heterocycles. The largest absolute Gasteiger partial charge is 0.382 e. The van der Waals surface area contributed by atoms with Gasteiger partial charge in [0.2, 0.25) is 0 Å². The van der Waals surface area contributed by atoms with Crippen LogP contribution in [0.1, 0.15) is 26.2 Å². The summed E-state index contributed by atoms with van der Waals surface area (Å²) in [5.74, 6) is 0. The van der Waals surface area contributed by atoms with Crippen LogP contribution in [-0.4, -0.2) is 57.0 Å². The maximum absolute atomic E-state index is 5.81. The van der Waals surface area contributed by atoms with E-state index < -0.39 is 0 Å². The number of nitrogens with two attached hydrogens (primary N) is 1. The first-order valence-electron chi connectivity index (χ1n) is 6.32. The molecule has 0 aromatic rings. The molecule has 4 heteroatoms. The Balaban J connectivity index is 2.20. The molecule has 1 aliphatic heterocycles. The van der Waals surface area contributed by atoms with Crippen molar-refractivity contribution >= 4 is 0 Å². The zero-order chi connectivity index (χ0) is 11.8. The number of methoxy groups -OCH3 is 1. The molecule has 0 spiro atoms. The van der Waals surface area contributed by atoms with Crippen LogP contribution in [0.2, 0.25) is 0 Å². The van der Waals surface area contributed by atoms with E-state index in [-0.39, 0.29) is 0 Å². The van der Waals surface area contributed by atoms with Gasteiger partial charge in [0, 0.05) is 32.3 Å². The van der Waals surface area contributed by atoms with Crippen molar-refractivity contribution in [1.29, 1.82) is 0 Å². The second-order valence-corrected chi connectivity index (χ2v) is 4.51. The summed E-state index contributed by atoms with van der Waals surface area (Å²) >= 11 is 0. The van der Waals surface area contributed by atoms with Crippen molar-refractivity contribution in [2.24, 2.45) is 5.73 Å². The lowest BCUT2D eigenvalue weighted by Gasteiger charge is -2.40. The quantitative estimate of drug-likeness (QED) is 0.659. The predicted octanol–water partition coefficient (Wildman–Crippen LogP) is 0.851. The Bertz CT molecular complexity index is 178. The minimum atomic E-state index is 0.551. The van der Waals surface area contributed by atoms with E-state index in [0.29, 0.717) is 25.3 Å². The summed E-state index contributed by atoms with van der Waals surface area (Å²) in [7, 11) is 1.69. The molecule has 2 unspecified atom stereocenters. The molecule has 1 heterocycles. The summed E-state index contributed by atoms with van der Waals surface area (Å²) in [4.78, 5) is 2.50. The number of hydrogen-bond donors (Lipinski definition) is 1. The van der Waals surface area contributed by atoms with Crippen LogP contribution in [0.5, 0.6) is 0 Å². The third kappa shape index (κ3) is 4.37. The summed E-state index contributed by atoms with van der Waals surface area (Å²) in [5, 5.41) is 0. The lowest BCUT2D eigenvalue weighted by atomic mass is 9.96. The Morgan fingerprint density at radius 1 is 1.25 bits per heavy atom. The van der Waals surface area contributed by atoms with E-state index >= 15 is 0 Å². The Hall–Kier alpha value is -0.160. The zero-order valence-corrected chi connectivity index (χ0v) is 10.7. The van der Waals surface area contributed by atoms with Crippen molar-refractivity contribution in [1.82, 2.24) is 4.90 Å². The van der Waals surface area contributed by atoms with Crippen LogP contribution >= 0.6 is 0 Å². The molecule has 96 valence electrons. The zero-order valence-electron chi connectivity index (χ0n) is 10.7. The van der Waals surface area contributed by atoms with Gasteiger partial charge in [0.25, 0.3) is 0 Å². The van der Waals surface area contributed by atoms with E-state index in [9.17, 15) is 0 Å². The first kappa shape index (κ1) is 13.9. The Kier molecular flexibility index (Phi) is 6.96. The highest BCUT2D eigenvalue weighted by molar-refractivity contribution is 4.82. The Morgan fingerprint density at radius 3 is 2.75 bits per heavy atom. The van der Waals surface area contributed by atoms with E-state index in [1.165, 1.54) is 19.3 Å². The van der Waals surface area contributed by atoms with Gasteiger partial charge in [0.1, 0.15) is 0 Å². The average molecular weight is 230 g/mol. The number of piperidine rings is 1. The molecule has 2 N–H and O–H groups in total. The first-order valence-corrected chi connectivity index (χ1v) is 6.32. The summed E-state index contributed by atoms with van der Waals surface area (Å²) in [5.41, 5.74) is 5.81. The number of nitrogens with zero attached hydrogens (tertiary/aromatic N) is 1. The maximum Gasteiger partial charge on any atom is 0.0700 e. The molecular weight excluding hydrogens is 204 g/mol.